The first kappa shape index (κ1) is 16.8. The molecule has 8 heteroatoms. The van der Waals surface area contributed by atoms with E-state index in [1.54, 1.807) is 0 Å². The standard InChI is InChI=1S/C13H15F3N2O3/c1-18(6-5-11(19)20)12(21)17-10-4-2-3-9(7-10)8-13(14,15)16/h2-4,7H,5-6,8H2,1H3,(H,17,21)(H,19,20). The van der Waals surface area contributed by atoms with Gasteiger partial charge < -0.3 is 15.3 Å². The predicted octanol–water partition coefficient (Wildman–Crippen LogP) is 2.73. The van der Waals surface area contributed by atoms with Crippen LogP contribution in [0.5, 0.6) is 0 Å². The van der Waals surface area contributed by atoms with Crippen molar-refractivity contribution < 1.29 is 27.9 Å². The lowest BCUT2D eigenvalue weighted by molar-refractivity contribution is -0.137. The second-order valence-corrected chi connectivity index (χ2v) is 4.49. The van der Waals surface area contributed by atoms with Gasteiger partial charge in [0.2, 0.25) is 0 Å². The van der Waals surface area contributed by atoms with Gasteiger partial charge in [-0.25, -0.2) is 4.79 Å². The van der Waals surface area contributed by atoms with Gasteiger partial charge in [-0.15, -0.1) is 0 Å². The van der Waals surface area contributed by atoms with E-state index in [9.17, 15) is 22.8 Å². The summed E-state index contributed by atoms with van der Waals surface area (Å²) in [4.78, 5) is 23.3. The molecular formula is C13H15F3N2O3. The molecule has 21 heavy (non-hydrogen) atoms. The minimum absolute atomic E-state index is 0.00338. The highest BCUT2D eigenvalue weighted by Gasteiger charge is 2.27. The third-order valence-electron chi connectivity index (χ3n) is 2.59. The average molecular weight is 304 g/mol. The van der Waals surface area contributed by atoms with Crippen LogP contribution in [0.1, 0.15) is 12.0 Å². The van der Waals surface area contributed by atoms with Gasteiger partial charge in [-0.1, -0.05) is 12.1 Å². The van der Waals surface area contributed by atoms with E-state index in [1.165, 1.54) is 31.3 Å². The Hall–Kier alpha value is -2.25. The Labute approximate surface area is 119 Å². The molecule has 1 aromatic rings. The minimum atomic E-state index is -4.32. The molecule has 0 unspecified atom stereocenters. The number of hydrogen-bond donors (Lipinski definition) is 2. The maximum Gasteiger partial charge on any atom is 0.393 e. The van der Waals surface area contributed by atoms with E-state index < -0.39 is 24.6 Å². The lowest BCUT2D eigenvalue weighted by atomic mass is 10.1. The van der Waals surface area contributed by atoms with Crippen LogP contribution in [0.2, 0.25) is 0 Å². The number of halogens is 3. The highest BCUT2D eigenvalue weighted by Crippen LogP contribution is 2.22. The van der Waals surface area contributed by atoms with Crippen molar-refractivity contribution >= 4 is 17.7 Å². The summed E-state index contributed by atoms with van der Waals surface area (Å²) in [5, 5.41) is 10.9. The molecule has 0 saturated carbocycles. The van der Waals surface area contributed by atoms with Crippen molar-refractivity contribution in [3.05, 3.63) is 29.8 Å². The van der Waals surface area contributed by atoms with E-state index in [4.69, 9.17) is 5.11 Å². The Morgan fingerprint density at radius 1 is 1.33 bits per heavy atom. The molecule has 0 saturated heterocycles. The highest BCUT2D eigenvalue weighted by atomic mass is 19.4. The first-order valence-corrected chi connectivity index (χ1v) is 6.07. The number of carbonyl (C=O) groups excluding carboxylic acids is 1. The van der Waals surface area contributed by atoms with Gasteiger partial charge in [-0.05, 0) is 17.7 Å². The Bertz CT molecular complexity index is 518. The summed E-state index contributed by atoms with van der Waals surface area (Å²) in [6.45, 7) is 0.00338. The van der Waals surface area contributed by atoms with Crippen molar-refractivity contribution in [1.29, 1.82) is 0 Å². The van der Waals surface area contributed by atoms with E-state index in [1.807, 2.05) is 0 Å². The van der Waals surface area contributed by atoms with Crippen molar-refractivity contribution in [2.24, 2.45) is 0 Å². The van der Waals surface area contributed by atoms with Gasteiger partial charge in [0, 0.05) is 19.3 Å². The smallest absolute Gasteiger partial charge is 0.393 e. The van der Waals surface area contributed by atoms with Crippen LogP contribution in [-0.2, 0) is 11.2 Å². The molecule has 0 spiro atoms. The molecule has 2 N–H and O–H groups in total. The third-order valence-corrected chi connectivity index (χ3v) is 2.59. The molecule has 0 aliphatic carbocycles. The highest BCUT2D eigenvalue weighted by molar-refractivity contribution is 5.89. The fraction of sp³-hybridized carbons (Fsp3) is 0.385. The molecule has 0 heterocycles. The summed E-state index contributed by atoms with van der Waals surface area (Å²) in [6, 6.07) is 4.84. The summed E-state index contributed by atoms with van der Waals surface area (Å²) in [6.07, 6.45) is -5.61. The van der Waals surface area contributed by atoms with Crippen molar-refractivity contribution in [1.82, 2.24) is 4.90 Å². The number of aliphatic carboxylic acids is 1. The Balaban J connectivity index is 2.64. The van der Waals surface area contributed by atoms with Crippen LogP contribution in [0, 0.1) is 0 Å². The van der Waals surface area contributed by atoms with Crippen molar-refractivity contribution in [2.75, 3.05) is 18.9 Å². The van der Waals surface area contributed by atoms with Crippen molar-refractivity contribution in [3.63, 3.8) is 0 Å². The molecule has 0 atom stereocenters. The van der Waals surface area contributed by atoms with Gasteiger partial charge in [0.1, 0.15) is 0 Å². The first-order chi connectivity index (χ1) is 9.67. The number of rotatable bonds is 5. The van der Waals surface area contributed by atoms with Crippen LogP contribution in [-0.4, -0.2) is 41.8 Å². The molecular weight excluding hydrogens is 289 g/mol. The number of urea groups is 1. The number of hydrogen-bond acceptors (Lipinski definition) is 2. The molecule has 0 aromatic heterocycles. The number of nitrogens with one attached hydrogen (secondary N) is 1. The van der Waals surface area contributed by atoms with E-state index in [0.717, 1.165) is 4.90 Å². The van der Waals surface area contributed by atoms with Crippen molar-refractivity contribution in [2.45, 2.75) is 19.0 Å². The molecule has 1 rings (SSSR count). The maximum absolute atomic E-state index is 12.3. The van der Waals surface area contributed by atoms with Crippen LogP contribution < -0.4 is 5.32 Å². The Morgan fingerprint density at radius 3 is 2.57 bits per heavy atom. The van der Waals surface area contributed by atoms with Crippen LogP contribution >= 0.6 is 0 Å². The molecule has 116 valence electrons. The number of alkyl halides is 3. The molecule has 0 aliphatic heterocycles. The maximum atomic E-state index is 12.3. The van der Waals surface area contributed by atoms with Gasteiger partial charge in [0.15, 0.2) is 0 Å². The Kier molecular flexibility index (Phi) is 5.57. The topological polar surface area (TPSA) is 69.6 Å². The third kappa shape index (κ3) is 6.64. The fourth-order valence-electron chi connectivity index (χ4n) is 1.57. The molecule has 0 radical (unpaired) electrons. The number of carboxylic acid groups (broad SMARTS) is 1. The quantitative estimate of drug-likeness (QED) is 0.878. The summed E-state index contributed by atoms with van der Waals surface area (Å²) in [7, 11) is 1.40. The zero-order chi connectivity index (χ0) is 16.0. The second-order valence-electron chi connectivity index (χ2n) is 4.49. The molecule has 0 bridgehead atoms. The summed E-state index contributed by atoms with van der Waals surface area (Å²) >= 11 is 0. The van der Waals surface area contributed by atoms with Crippen LogP contribution in [0.15, 0.2) is 24.3 Å². The summed E-state index contributed by atoms with van der Waals surface area (Å²) in [5.74, 6) is -1.04. The number of carboxylic acids is 1. The summed E-state index contributed by atoms with van der Waals surface area (Å²) in [5.41, 5.74) is 0.261. The first-order valence-electron chi connectivity index (χ1n) is 6.07. The average Bonchev–Trinajstić information content (AvgIpc) is 2.34. The fourth-order valence-corrected chi connectivity index (χ4v) is 1.57. The lowest BCUT2D eigenvalue weighted by Gasteiger charge is -2.17. The van der Waals surface area contributed by atoms with Crippen LogP contribution in [0.3, 0.4) is 0 Å². The van der Waals surface area contributed by atoms with Gasteiger partial charge >= 0.3 is 18.2 Å². The normalized spacial score (nSPS) is 11.0. The van der Waals surface area contributed by atoms with E-state index in [-0.39, 0.29) is 24.2 Å². The van der Waals surface area contributed by atoms with Crippen LogP contribution in [0.4, 0.5) is 23.7 Å². The lowest BCUT2D eigenvalue weighted by Crippen LogP contribution is -2.33. The number of nitrogens with zero attached hydrogens (tertiary/aromatic N) is 1. The van der Waals surface area contributed by atoms with Crippen LogP contribution in [0.25, 0.3) is 0 Å². The predicted molar refractivity (Wildman–Crippen MR) is 70.1 cm³/mol. The van der Waals surface area contributed by atoms with Crippen molar-refractivity contribution in [3.8, 4) is 0 Å². The molecule has 1 aromatic carbocycles. The molecule has 0 aliphatic rings. The zero-order valence-corrected chi connectivity index (χ0v) is 11.3. The molecule has 2 amide bonds. The number of benzene rings is 1. The van der Waals surface area contributed by atoms with E-state index >= 15 is 0 Å². The van der Waals surface area contributed by atoms with Gasteiger partial charge in [-0.3, -0.25) is 4.79 Å². The van der Waals surface area contributed by atoms with Gasteiger partial charge in [0.05, 0.1) is 12.8 Å². The number of carbonyl (C=O) groups is 2. The minimum Gasteiger partial charge on any atom is -0.481 e. The number of anilines is 1. The zero-order valence-electron chi connectivity index (χ0n) is 11.3. The SMILES string of the molecule is CN(CCC(=O)O)C(=O)Nc1cccc(CC(F)(F)F)c1. The second kappa shape index (κ2) is 6.96. The number of amides is 2. The largest absolute Gasteiger partial charge is 0.481 e. The van der Waals surface area contributed by atoms with Gasteiger partial charge in [-0.2, -0.15) is 13.2 Å². The molecule has 0 fully saturated rings. The van der Waals surface area contributed by atoms with Gasteiger partial charge in [0.25, 0.3) is 0 Å². The molecule has 5 nitrogen and oxygen atoms in total. The van der Waals surface area contributed by atoms with E-state index in [0.29, 0.717) is 0 Å². The Morgan fingerprint density at radius 2 is 2.00 bits per heavy atom. The monoisotopic (exact) mass is 304 g/mol. The summed E-state index contributed by atoms with van der Waals surface area (Å²) < 4.78 is 36.9. The van der Waals surface area contributed by atoms with E-state index in [2.05, 4.69) is 5.32 Å².